The maximum absolute atomic E-state index is 14.2. The van der Waals surface area contributed by atoms with Crippen molar-refractivity contribution in [1.82, 2.24) is 29.8 Å². The van der Waals surface area contributed by atoms with Crippen molar-refractivity contribution in [1.29, 1.82) is 0 Å². The summed E-state index contributed by atoms with van der Waals surface area (Å²) in [6.07, 6.45) is 3.98. The zero-order valence-corrected chi connectivity index (χ0v) is 24.9. The number of rotatable bonds is 10. The van der Waals surface area contributed by atoms with Crippen LogP contribution in [0.2, 0.25) is 5.02 Å². The minimum absolute atomic E-state index is 0.0267. The zero-order chi connectivity index (χ0) is 31.0. The maximum Gasteiger partial charge on any atom is 0.321 e. The first kappa shape index (κ1) is 29.8. The van der Waals surface area contributed by atoms with Crippen LogP contribution in [0.1, 0.15) is 41.7 Å². The SMILES string of the molecule is NC(=O)c1nn(CC(=O)N(CC(=O)NCc2cccc(Cl)c2F)C2CC2)c2ccc(NC(=O)N3CCN(C4CC4)CC3)cc12. The molecule has 12 nitrogen and oxygen atoms in total. The van der Waals surface area contributed by atoms with Gasteiger partial charge in [-0.2, -0.15) is 5.10 Å². The number of nitrogens with two attached hydrogens (primary N) is 1. The Kier molecular flexibility index (Phi) is 8.41. The van der Waals surface area contributed by atoms with Gasteiger partial charge in [0.1, 0.15) is 12.4 Å². The van der Waals surface area contributed by atoms with Crippen molar-refractivity contribution in [3.8, 4) is 0 Å². The lowest BCUT2D eigenvalue weighted by Gasteiger charge is -2.34. The molecule has 3 aromatic rings. The van der Waals surface area contributed by atoms with Gasteiger partial charge >= 0.3 is 6.03 Å². The molecule has 0 radical (unpaired) electrons. The molecule has 3 fully saturated rings. The highest BCUT2D eigenvalue weighted by molar-refractivity contribution is 6.30. The summed E-state index contributed by atoms with van der Waals surface area (Å²) < 4.78 is 15.6. The average Bonchev–Trinajstić information content (AvgIpc) is 3.94. The number of nitrogens with one attached hydrogen (secondary N) is 2. The molecule has 0 atom stereocenters. The number of aromatic nitrogens is 2. The number of piperazine rings is 1. The van der Waals surface area contributed by atoms with Crippen molar-refractivity contribution < 1.29 is 23.6 Å². The van der Waals surface area contributed by atoms with Gasteiger partial charge in [0, 0.05) is 61.4 Å². The number of primary amides is 1. The fraction of sp³-hybridized carbons (Fsp3) is 0.433. The van der Waals surface area contributed by atoms with E-state index in [1.807, 2.05) is 0 Å². The standard InChI is InChI=1S/C30H34ClFN8O4/c31-23-3-1-2-18(27(23)32)15-34-25(41)16-39(21-7-8-21)26(42)17-40-24-9-4-19(14-22(24)28(36-40)29(33)43)35-30(44)38-12-10-37(11-13-38)20-5-6-20/h1-4,9,14,20-21H,5-8,10-13,15-17H2,(H2,33,43)(H,34,41)(H,35,44). The van der Waals surface area contributed by atoms with E-state index in [0.29, 0.717) is 35.7 Å². The van der Waals surface area contributed by atoms with E-state index in [9.17, 15) is 23.6 Å². The number of nitrogens with zero attached hydrogens (tertiary/aromatic N) is 5. The number of carbonyl (C=O) groups is 4. The van der Waals surface area contributed by atoms with Gasteiger partial charge in [0.25, 0.3) is 5.91 Å². The lowest BCUT2D eigenvalue weighted by molar-refractivity contribution is -0.137. The van der Waals surface area contributed by atoms with Gasteiger partial charge in [-0.05, 0) is 49.9 Å². The predicted octanol–water partition coefficient (Wildman–Crippen LogP) is 2.55. The van der Waals surface area contributed by atoms with E-state index in [2.05, 4.69) is 20.6 Å². The molecule has 2 aromatic carbocycles. The minimum Gasteiger partial charge on any atom is -0.364 e. The van der Waals surface area contributed by atoms with Crippen LogP contribution in [0, 0.1) is 5.82 Å². The topological polar surface area (TPSA) is 146 Å². The number of amides is 5. The number of hydrogen-bond donors (Lipinski definition) is 3. The van der Waals surface area contributed by atoms with Crippen molar-refractivity contribution in [2.75, 3.05) is 38.0 Å². The Morgan fingerprint density at radius 2 is 1.80 bits per heavy atom. The van der Waals surface area contributed by atoms with Gasteiger partial charge in [0.05, 0.1) is 17.1 Å². The fourth-order valence-electron chi connectivity index (χ4n) is 5.61. The van der Waals surface area contributed by atoms with Gasteiger partial charge in [0.2, 0.25) is 11.8 Å². The Labute approximate surface area is 258 Å². The number of carbonyl (C=O) groups excluding carboxylic acids is 4. The number of fused-ring (bicyclic) bond motifs is 1. The van der Waals surface area contributed by atoms with E-state index in [1.165, 1.54) is 34.6 Å². The molecule has 0 bridgehead atoms. The lowest BCUT2D eigenvalue weighted by Crippen LogP contribution is -2.50. The molecule has 2 saturated carbocycles. The Morgan fingerprint density at radius 1 is 1.05 bits per heavy atom. The third-order valence-electron chi connectivity index (χ3n) is 8.31. The van der Waals surface area contributed by atoms with Crippen LogP contribution in [-0.4, -0.2) is 93.0 Å². The van der Waals surface area contributed by atoms with Crippen LogP contribution in [0.3, 0.4) is 0 Å². The van der Waals surface area contributed by atoms with Crippen LogP contribution in [0.25, 0.3) is 10.9 Å². The van der Waals surface area contributed by atoms with E-state index in [4.69, 9.17) is 17.3 Å². The first-order valence-electron chi connectivity index (χ1n) is 14.8. The second-order valence-electron chi connectivity index (χ2n) is 11.5. The Bertz CT molecular complexity index is 1610. The molecule has 2 heterocycles. The Morgan fingerprint density at radius 3 is 2.48 bits per heavy atom. The van der Waals surface area contributed by atoms with Gasteiger partial charge in [-0.25, -0.2) is 9.18 Å². The van der Waals surface area contributed by atoms with Crippen LogP contribution in [0.15, 0.2) is 36.4 Å². The predicted molar refractivity (Wildman–Crippen MR) is 161 cm³/mol. The van der Waals surface area contributed by atoms with Crippen molar-refractivity contribution in [3.63, 3.8) is 0 Å². The minimum atomic E-state index is -0.771. The molecule has 4 N–H and O–H groups in total. The highest BCUT2D eigenvalue weighted by Gasteiger charge is 2.35. The summed E-state index contributed by atoms with van der Waals surface area (Å²) in [7, 11) is 0. The van der Waals surface area contributed by atoms with Gasteiger partial charge < -0.3 is 26.2 Å². The molecule has 0 unspecified atom stereocenters. The zero-order valence-electron chi connectivity index (χ0n) is 24.1. The van der Waals surface area contributed by atoms with Crippen LogP contribution in [0.4, 0.5) is 14.9 Å². The summed E-state index contributed by atoms with van der Waals surface area (Å²) in [6.45, 7) is 2.48. The molecule has 0 spiro atoms. The third-order valence-corrected chi connectivity index (χ3v) is 8.61. The summed E-state index contributed by atoms with van der Waals surface area (Å²) in [4.78, 5) is 57.0. The third kappa shape index (κ3) is 6.63. The van der Waals surface area contributed by atoms with Crippen LogP contribution in [-0.2, 0) is 22.7 Å². The van der Waals surface area contributed by atoms with E-state index in [1.54, 1.807) is 29.2 Å². The number of hydrogen-bond acceptors (Lipinski definition) is 6. The van der Waals surface area contributed by atoms with Crippen molar-refractivity contribution in [2.24, 2.45) is 5.73 Å². The van der Waals surface area contributed by atoms with Gasteiger partial charge in [-0.3, -0.25) is 24.0 Å². The second-order valence-corrected chi connectivity index (χ2v) is 11.9. The van der Waals surface area contributed by atoms with Crippen molar-refractivity contribution in [2.45, 2.75) is 50.9 Å². The van der Waals surface area contributed by atoms with E-state index in [-0.39, 0.29) is 53.9 Å². The summed E-state index contributed by atoms with van der Waals surface area (Å²) in [6, 6.07) is 9.88. The molecule has 1 aromatic heterocycles. The number of halogens is 2. The van der Waals surface area contributed by atoms with E-state index >= 15 is 0 Å². The summed E-state index contributed by atoms with van der Waals surface area (Å²) in [5.41, 5.74) is 6.80. The largest absolute Gasteiger partial charge is 0.364 e. The van der Waals surface area contributed by atoms with Crippen LogP contribution >= 0.6 is 11.6 Å². The lowest BCUT2D eigenvalue weighted by atomic mass is 10.2. The first-order valence-corrected chi connectivity index (χ1v) is 15.1. The second kappa shape index (κ2) is 12.4. The van der Waals surface area contributed by atoms with E-state index in [0.717, 1.165) is 25.9 Å². The molecule has 6 rings (SSSR count). The van der Waals surface area contributed by atoms with Crippen LogP contribution < -0.4 is 16.4 Å². The molecular weight excluding hydrogens is 591 g/mol. The molecule has 44 heavy (non-hydrogen) atoms. The van der Waals surface area contributed by atoms with E-state index < -0.39 is 17.6 Å². The monoisotopic (exact) mass is 624 g/mol. The van der Waals surface area contributed by atoms with Crippen molar-refractivity contribution >= 4 is 51.9 Å². The normalized spacial score (nSPS) is 17.0. The highest BCUT2D eigenvalue weighted by Crippen LogP contribution is 2.29. The average molecular weight is 625 g/mol. The fourth-order valence-corrected chi connectivity index (χ4v) is 5.80. The smallest absolute Gasteiger partial charge is 0.321 e. The molecule has 1 saturated heterocycles. The molecule has 14 heteroatoms. The van der Waals surface area contributed by atoms with Gasteiger partial charge in [-0.1, -0.05) is 23.7 Å². The Balaban J connectivity index is 1.11. The molecular formula is C30H34ClFN8O4. The molecule has 232 valence electrons. The number of urea groups is 1. The molecule has 1 aliphatic heterocycles. The highest BCUT2D eigenvalue weighted by atomic mass is 35.5. The van der Waals surface area contributed by atoms with Gasteiger partial charge in [-0.15, -0.1) is 0 Å². The molecule has 2 aliphatic carbocycles. The van der Waals surface area contributed by atoms with Crippen LogP contribution in [0.5, 0.6) is 0 Å². The van der Waals surface area contributed by atoms with Gasteiger partial charge in [0.15, 0.2) is 5.69 Å². The summed E-state index contributed by atoms with van der Waals surface area (Å²) in [5.74, 6) is -2.18. The summed E-state index contributed by atoms with van der Waals surface area (Å²) in [5, 5.41) is 10.2. The number of anilines is 1. The molecule has 3 aliphatic rings. The van der Waals surface area contributed by atoms with Crippen molar-refractivity contribution in [3.05, 3.63) is 58.5 Å². The Hall–Kier alpha value is -4.23. The quantitative estimate of drug-likeness (QED) is 0.316. The summed E-state index contributed by atoms with van der Waals surface area (Å²) >= 11 is 5.82. The maximum atomic E-state index is 14.2. The first-order chi connectivity index (χ1) is 21.2. The molecule has 5 amide bonds. The number of benzene rings is 2.